The number of anilines is 1. The van der Waals surface area contributed by atoms with Crippen molar-refractivity contribution in [2.45, 2.75) is 19.4 Å². The Morgan fingerprint density at radius 3 is 2.50 bits per heavy atom. The summed E-state index contributed by atoms with van der Waals surface area (Å²) in [6.07, 6.45) is 3.11. The van der Waals surface area contributed by atoms with Crippen LogP contribution in [-0.4, -0.2) is 35.7 Å². The lowest BCUT2D eigenvalue weighted by atomic mass is 10.1. The number of carbonyl (C=O) groups is 3. The van der Waals surface area contributed by atoms with Gasteiger partial charge in [-0.1, -0.05) is 30.3 Å². The summed E-state index contributed by atoms with van der Waals surface area (Å²) in [7, 11) is 0. The van der Waals surface area contributed by atoms with Crippen molar-refractivity contribution in [3.8, 4) is 0 Å². The quantitative estimate of drug-likeness (QED) is 0.728. The highest BCUT2D eigenvalue weighted by Crippen LogP contribution is 2.18. The van der Waals surface area contributed by atoms with Crippen LogP contribution in [0, 0.1) is 0 Å². The molecule has 0 bridgehead atoms. The van der Waals surface area contributed by atoms with E-state index in [2.05, 4.69) is 17.2 Å². The molecular weight excluding hydrogens is 354 g/mol. The van der Waals surface area contributed by atoms with Crippen LogP contribution in [0.15, 0.2) is 61.2 Å². The number of hydrogen-bond acceptors (Lipinski definition) is 3. The zero-order valence-electron chi connectivity index (χ0n) is 15.6. The Balaban J connectivity index is 1.67. The van der Waals surface area contributed by atoms with Crippen molar-refractivity contribution in [1.29, 1.82) is 0 Å². The van der Waals surface area contributed by atoms with E-state index in [1.165, 1.54) is 0 Å². The number of nitrogens with zero attached hydrogens (tertiary/aromatic N) is 1. The van der Waals surface area contributed by atoms with Gasteiger partial charge in [-0.05, 0) is 36.2 Å². The van der Waals surface area contributed by atoms with Gasteiger partial charge in [-0.3, -0.25) is 14.4 Å². The maximum absolute atomic E-state index is 12.6. The third-order valence-electron chi connectivity index (χ3n) is 4.59. The molecule has 0 atom stereocenters. The van der Waals surface area contributed by atoms with E-state index in [1.54, 1.807) is 42.5 Å². The first-order valence-electron chi connectivity index (χ1n) is 9.24. The second-order valence-electron chi connectivity index (χ2n) is 6.61. The van der Waals surface area contributed by atoms with E-state index in [4.69, 9.17) is 0 Å². The first kappa shape index (κ1) is 19.4. The monoisotopic (exact) mass is 377 g/mol. The third kappa shape index (κ3) is 4.65. The van der Waals surface area contributed by atoms with Crippen LogP contribution in [0.3, 0.4) is 0 Å². The van der Waals surface area contributed by atoms with Gasteiger partial charge in [0.2, 0.25) is 5.91 Å². The lowest BCUT2D eigenvalue weighted by Crippen LogP contribution is -2.25. The summed E-state index contributed by atoms with van der Waals surface area (Å²) in [5, 5.41) is 5.50. The van der Waals surface area contributed by atoms with Gasteiger partial charge in [0.15, 0.2) is 0 Å². The van der Waals surface area contributed by atoms with E-state index < -0.39 is 0 Å². The molecule has 0 aliphatic carbocycles. The standard InChI is InChI=1S/C22H23N3O3/c1-2-13-23-22(28)18-6-3-4-7-19(18)24-21(27)17-11-9-16(10-12-17)15-25-14-5-8-20(25)26/h2-4,6-7,9-12H,1,5,8,13-15H2,(H,23,28)(H,24,27). The first-order chi connectivity index (χ1) is 13.6. The fraction of sp³-hybridized carbons (Fsp3) is 0.227. The Morgan fingerprint density at radius 2 is 1.82 bits per heavy atom. The second kappa shape index (κ2) is 8.99. The largest absolute Gasteiger partial charge is 0.349 e. The van der Waals surface area contributed by atoms with Crippen LogP contribution >= 0.6 is 0 Å². The Kier molecular flexibility index (Phi) is 6.22. The average Bonchev–Trinajstić information content (AvgIpc) is 3.11. The molecule has 0 spiro atoms. The minimum Gasteiger partial charge on any atom is -0.349 e. The molecule has 2 N–H and O–H groups in total. The smallest absolute Gasteiger partial charge is 0.255 e. The minimum atomic E-state index is -0.298. The molecule has 3 amide bonds. The van der Waals surface area contributed by atoms with Crippen LogP contribution in [0.2, 0.25) is 0 Å². The summed E-state index contributed by atoms with van der Waals surface area (Å²) >= 11 is 0. The number of para-hydroxylation sites is 1. The van der Waals surface area contributed by atoms with Crippen molar-refractivity contribution in [1.82, 2.24) is 10.2 Å². The molecule has 144 valence electrons. The number of likely N-dealkylation sites (tertiary alicyclic amines) is 1. The molecule has 1 aliphatic heterocycles. The molecule has 1 fully saturated rings. The van der Waals surface area contributed by atoms with E-state index in [0.29, 0.717) is 36.3 Å². The summed E-state index contributed by atoms with van der Waals surface area (Å²) < 4.78 is 0. The summed E-state index contributed by atoms with van der Waals surface area (Å²) in [4.78, 5) is 38.4. The van der Waals surface area contributed by atoms with Crippen LogP contribution in [0.5, 0.6) is 0 Å². The topological polar surface area (TPSA) is 78.5 Å². The van der Waals surface area contributed by atoms with Crippen molar-refractivity contribution in [3.05, 3.63) is 77.9 Å². The fourth-order valence-electron chi connectivity index (χ4n) is 3.10. The fourth-order valence-corrected chi connectivity index (χ4v) is 3.10. The highest BCUT2D eigenvalue weighted by Gasteiger charge is 2.20. The lowest BCUT2D eigenvalue weighted by Gasteiger charge is -2.15. The predicted octanol–water partition coefficient (Wildman–Crippen LogP) is 2.98. The molecule has 3 rings (SSSR count). The lowest BCUT2D eigenvalue weighted by molar-refractivity contribution is -0.128. The highest BCUT2D eigenvalue weighted by atomic mass is 16.2. The molecule has 0 saturated carbocycles. The van der Waals surface area contributed by atoms with Gasteiger partial charge in [0.1, 0.15) is 0 Å². The van der Waals surface area contributed by atoms with E-state index in [0.717, 1.165) is 18.5 Å². The number of hydrogen-bond donors (Lipinski definition) is 2. The van der Waals surface area contributed by atoms with Gasteiger partial charge >= 0.3 is 0 Å². The zero-order valence-corrected chi connectivity index (χ0v) is 15.6. The van der Waals surface area contributed by atoms with Crippen LogP contribution < -0.4 is 10.6 Å². The van der Waals surface area contributed by atoms with Gasteiger partial charge < -0.3 is 15.5 Å². The molecule has 0 aromatic heterocycles. The van der Waals surface area contributed by atoms with Crippen molar-refractivity contribution in [3.63, 3.8) is 0 Å². The summed E-state index contributed by atoms with van der Waals surface area (Å²) in [5.74, 6) is -0.401. The molecular formula is C22H23N3O3. The molecule has 1 heterocycles. The Morgan fingerprint density at radius 1 is 1.07 bits per heavy atom. The third-order valence-corrected chi connectivity index (χ3v) is 4.59. The maximum atomic E-state index is 12.6. The molecule has 6 heteroatoms. The minimum absolute atomic E-state index is 0.174. The van der Waals surface area contributed by atoms with Gasteiger partial charge in [0.25, 0.3) is 11.8 Å². The molecule has 0 unspecified atom stereocenters. The van der Waals surface area contributed by atoms with Crippen LogP contribution in [0.1, 0.15) is 39.1 Å². The Labute approximate surface area is 164 Å². The van der Waals surface area contributed by atoms with E-state index in [9.17, 15) is 14.4 Å². The average molecular weight is 377 g/mol. The highest BCUT2D eigenvalue weighted by molar-refractivity contribution is 6.09. The summed E-state index contributed by atoms with van der Waals surface area (Å²) in [5.41, 5.74) is 2.30. The van der Waals surface area contributed by atoms with Gasteiger partial charge in [-0.25, -0.2) is 0 Å². The van der Waals surface area contributed by atoms with Gasteiger partial charge in [0, 0.05) is 31.6 Å². The predicted molar refractivity (Wildman–Crippen MR) is 108 cm³/mol. The summed E-state index contributed by atoms with van der Waals surface area (Å²) in [6.45, 7) is 5.27. The van der Waals surface area contributed by atoms with Crippen molar-refractivity contribution in [2.24, 2.45) is 0 Å². The number of carbonyl (C=O) groups excluding carboxylic acids is 3. The van der Waals surface area contributed by atoms with Gasteiger partial charge in [-0.2, -0.15) is 0 Å². The second-order valence-corrected chi connectivity index (χ2v) is 6.61. The molecule has 2 aromatic carbocycles. The first-order valence-corrected chi connectivity index (χ1v) is 9.24. The maximum Gasteiger partial charge on any atom is 0.255 e. The van der Waals surface area contributed by atoms with Crippen LogP contribution in [0.4, 0.5) is 5.69 Å². The zero-order chi connectivity index (χ0) is 19.9. The number of amides is 3. The molecule has 1 saturated heterocycles. The SMILES string of the molecule is C=CCNC(=O)c1ccccc1NC(=O)c1ccc(CN2CCCC2=O)cc1. The van der Waals surface area contributed by atoms with Crippen LogP contribution in [0.25, 0.3) is 0 Å². The van der Waals surface area contributed by atoms with Crippen molar-refractivity contribution in [2.75, 3.05) is 18.4 Å². The Hall–Kier alpha value is -3.41. The molecule has 1 aliphatic rings. The van der Waals surface area contributed by atoms with E-state index in [1.807, 2.05) is 17.0 Å². The van der Waals surface area contributed by atoms with E-state index >= 15 is 0 Å². The number of rotatable bonds is 7. The molecule has 6 nitrogen and oxygen atoms in total. The van der Waals surface area contributed by atoms with E-state index in [-0.39, 0.29) is 17.7 Å². The number of benzene rings is 2. The number of nitrogens with one attached hydrogen (secondary N) is 2. The van der Waals surface area contributed by atoms with Crippen LogP contribution in [-0.2, 0) is 11.3 Å². The summed E-state index contributed by atoms with van der Waals surface area (Å²) in [6, 6.07) is 14.0. The van der Waals surface area contributed by atoms with Crippen molar-refractivity contribution >= 4 is 23.4 Å². The van der Waals surface area contributed by atoms with Crippen molar-refractivity contribution < 1.29 is 14.4 Å². The molecule has 28 heavy (non-hydrogen) atoms. The Bertz CT molecular complexity index is 890. The van der Waals surface area contributed by atoms with Gasteiger partial charge in [-0.15, -0.1) is 6.58 Å². The van der Waals surface area contributed by atoms with Gasteiger partial charge in [0.05, 0.1) is 11.3 Å². The normalized spacial score (nSPS) is 13.3. The molecule has 0 radical (unpaired) electrons. The molecule has 2 aromatic rings.